The number of carbonyl (C=O) groups excluding carboxylic acids is 1. The number of aromatic nitrogens is 2. The second-order valence-electron chi connectivity index (χ2n) is 7.77. The van der Waals surface area contributed by atoms with Gasteiger partial charge in [-0.25, -0.2) is 8.78 Å². The summed E-state index contributed by atoms with van der Waals surface area (Å²) in [5.74, 6) is -1.81. The maximum atomic E-state index is 14.2. The molecule has 3 heterocycles. The molecule has 1 aliphatic rings. The lowest BCUT2D eigenvalue weighted by atomic mass is 9.88. The average Bonchev–Trinajstić information content (AvgIpc) is 2.81. The first-order valence-corrected chi connectivity index (χ1v) is 10.4. The van der Waals surface area contributed by atoms with Gasteiger partial charge < -0.3 is 5.32 Å². The van der Waals surface area contributed by atoms with E-state index in [9.17, 15) is 13.6 Å². The van der Waals surface area contributed by atoms with Gasteiger partial charge in [0.1, 0.15) is 5.69 Å². The van der Waals surface area contributed by atoms with Gasteiger partial charge in [0, 0.05) is 31.0 Å². The molecular formula is C24H24F2N4O. The third-order valence-electron chi connectivity index (χ3n) is 5.63. The first-order valence-electron chi connectivity index (χ1n) is 10.4. The number of piperidine rings is 1. The van der Waals surface area contributed by atoms with E-state index >= 15 is 0 Å². The number of carbonyl (C=O) groups is 1. The molecular weight excluding hydrogens is 398 g/mol. The molecule has 0 saturated carbocycles. The monoisotopic (exact) mass is 422 g/mol. The third kappa shape index (κ3) is 5.11. The lowest BCUT2D eigenvalue weighted by Crippen LogP contribution is -2.43. The SMILES string of the molecule is O=C(NC(c1ccccn1)C1CCCN(Cc2cccc(F)c2F)C1)c1ccccn1. The van der Waals surface area contributed by atoms with Gasteiger partial charge in [0.2, 0.25) is 0 Å². The van der Waals surface area contributed by atoms with Crippen LogP contribution in [0.1, 0.15) is 40.6 Å². The predicted molar refractivity (Wildman–Crippen MR) is 113 cm³/mol. The Balaban J connectivity index is 1.53. The van der Waals surface area contributed by atoms with Gasteiger partial charge in [0.05, 0.1) is 11.7 Å². The first-order chi connectivity index (χ1) is 15.1. The zero-order valence-electron chi connectivity index (χ0n) is 17.0. The van der Waals surface area contributed by atoms with Crippen molar-refractivity contribution < 1.29 is 13.6 Å². The van der Waals surface area contributed by atoms with E-state index in [1.165, 1.54) is 6.07 Å². The minimum Gasteiger partial charge on any atom is -0.342 e. The van der Waals surface area contributed by atoms with E-state index in [0.717, 1.165) is 31.1 Å². The van der Waals surface area contributed by atoms with Crippen molar-refractivity contribution in [2.24, 2.45) is 5.92 Å². The lowest BCUT2D eigenvalue weighted by molar-refractivity contribution is 0.0869. The van der Waals surface area contributed by atoms with E-state index in [1.807, 2.05) is 18.2 Å². The molecule has 0 spiro atoms. The second kappa shape index (κ2) is 9.75. The summed E-state index contributed by atoms with van der Waals surface area (Å²) in [6.07, 6.45) is 5.08. The van der Waals surface area contributed by atoms with Crippen molar-refractivity contribution in [2.75, 3.05) is 13.1 Å². The molecule has 2 atom stereocenters. The number of nitrogens with one attached hydrogen (secondary N) is 1. The summed E-state index contributed by atoms with van der Waals surface area (Å²) in [5.41, 5.74) is 1.46. The summed E-state index contributed by atoms with van der Waals surface area (Å²) in [5, 5.41) is 3.10. The second-order valence-corrected chi connectivity index (χ2v) is 7.77. The Morgan fingerprint density at radius 2 is 1.87 bits per heavy atom. The highest BCUT2D eigenvalue weighted by Crippen LogP contribution is 2.30. The number of pyridine rings is 2. The molecule has 2 aromatic heterocycles. The number of likely N-dealkylation sites (tertiary alicyclic amines) is 1. The van der Waals surface area contributed by atoms with Crippen molar-refractivity contribution >= 4 is 5.91 Å². The molecule has 4 rings (SSSR count). The van der Waals surface area contributed by atoms with Crippen LogP contribution in [0, 0.1) is 17.6 Å². The molecule has 3 aromatic rings. The van der Waals surface area contributed by atoms with Crippen molar-refractivity contribution in [3.05, 3.63) is 95.6 Å². The van der Waals surface area contributed by atoms with Crippen LogP contribution in [0.3, 0.4) is 0 Å². The number of halogens is 2. The quantitative estimate of drug-likeness (QED) is 0.649. The Morgan fingerprint density at radius 3 is 2.61 bits per heavy atom. The number of benzene rings is 1. The molecule has 1 amide bonds. The normalized spacial score (nSPS) is 17.8. The van der Waals surface area contributed by atoms with E-state index in [0.29, 0.717) is 24.3 Å². The van der Waals surface area contributed by atoms with Crippen molar-refractivity contribution in [3.8, 4) is 0 Å². The smallest absolute Gasteiger partial charge is 0.270 e. The van der Waals surface area contributed by atoms with Crippen LogP contribution in [0.25, 0.3) is 0 Å². The standard InChI is InChI=1S/C24H24F2N4O/c25-19-9-5-7-17(22(19)26)15-30-14-6-8-18(16-30)23(20-10-1-3-12-27-20)29-24(31)21-11-2-4-13-28-21/h1-5,7,9-13,18,23H,6,8,14-16H2,(H,29,31). The molecule has 7 heteroatoms. The fraction of sp³-hybridized carbons (Fsp3) is 0.292. The molecule has 1 N–H and O–H groups in total. The maximum absolute atomic E-state index is 14.2. The summed E-state index contributed by atoms with van der Waals surface area (Å²) >= 11 is 0. The molecule has 0 aliphatic carbocycles. The third-order valence-corrected chi connectivity index (χ3v) is 5.63. The van der Waals surface area contributed by atoms with Crippen LogP contribution < -0.4 is 5.32 Å². The van der Waals surface area contributed by atoms with Crippen LogP contribution in [-0.2, 0) is 6.54 Å². The molecule has 31 heavy (non-hydrogen) atoms. The fourth-order valence-electron chi connectivity index (χ4n) is 4.12. The number of hydrogen-bond donors (Lipinski definition) is 1. The van der Waals surface area contributed by atoms with Crippen molar-refractivity contribution in [1.29, 1.82) is 0 Å². The molecule has 1 aliphatic heterocycles. The van der Waals surface area contributed by atoms with Gasteiger partial charge in [-0.05, 0) is 55.6 Å². The molecule has 0 radical (unpaired) electrons. The van der Waals surface area contributed by atoms with Gasteiger partial charge in [0.25, 0.3) is 5.91 Å². The van der Waals surface area contributed by atoms with E-state index in [1.54, 1.807) is 36.7 Å². The minimum absolute atomic E-state index is 0.0768. The Morgan fingerprint density at radius 1 is 1.06 bits per heavy atom. The van der Waals surface area contributed by atoms with Gasteiger partial charge in [-0.1, -0.05) is 24.3 Å². The summed E-state index contributed by atoms with van der Waals surface area (Å²) in [4.78, 5) is 23.5. The van der Waals surface area contributed by atoms with E-state index in [-0.39, 0.29) is 17.9 Å². The molecule has 0 bridgehead atoms. The van der Waals surface area contributed by atoms with Crippen molar-refractivity contribution in [3.63, 3.8) is 0 Å². The highest BCUT2D eigenvalue weighted by molar-refractivity contribution is 5.92. The van der Waals surface area contributed by atoms with Crippen LogP contribution in [0.4, 0.5) is 8.78 Å². The van der Waals surface area contributed by atoms with Crippen molar-refractivity contribution in [2.45, 2.75) is 25.4 Å². The zero-order chi connectivity index (χ0) is 21.6. The topological polar surface area (TPSA) is 58.1 Å². The maximum Gasteiger partial charge on any atom is 0.270 e. The highest BCUT2D eigenvalue weighted by Gasteiger charge is 2.31. The highest BCUT2D eigenvalue weighted by atomic mass is 19.2. The molecule has 1 fully saturated rings. The van der Waals surface area contributed by atoms with Crippen LogP contribution in [-0.4, -0.2) is 33.9 Å². The minimum atomic E-state index is -0.833. The lowest BCUT2D eigenvalue weighted by Gasteiger charge is -2.37. The number of rotatable bonds is 6. The van der Waals surface area contributed by atoms with Gasteiger partial charge in [-0.2, -0.15) is 0 Å². The summed E-state index contributed by atoms with van der Waals surface area (Å²) in [6, 6.07) is 14.8. The summed E-state index contributed by atoms with van der Waals surface area (Å²) < 4.78 is 27.8. The van der Waals surface area contributed by atoms with Gasteiger partial charge in [-0.3, -0.25) is 19.7 Å². The number of amides is 1. The van der Waals surface area contributed by atoms with Crippen LogP contribution in [0.15, 0.2) is 67.0 Å². The first kappa shape index (κ1) is 21.1. The van der Waals surface area contributed by atoms with E-state index in [4.69, 9.17) is 0 Å². The predicted octanol–water partition coefficient (Wildman–Crippen LogP) is 4.14. The van der Waals surface area contributed by atoms with Gasteiger partial charge in [0.15, 0.2) is 11.6 Å². The Hall–Kier alpha value is -3.19. The number of nitrogens with zero attached hydrogens (tertiary/aromatic N) is 3. The number of hydrogen-bond acceptors (Lipinski definition) is 4. The van der Waals surface area contributed by atoms with E-state index in [2.05, 4.69) is 20.2 Å². The van der Waals surface area contributed by atoms with Crippen LogP contribution >= 0.6 is 0 Å². The molecule has 1 saturated heterocycles. The van der Waals surface area contributed by atoms with Gasteiger partial charge in [-0.15, -0.1) is 0 Å². The fourth-order valence-corrected chi connectivity index (χ4v) is 4.12. The largest absolute Gasteiger partial charge is 0.342 e. The zero-order valence-corrected chi connectivity index (χ0v) is 17.0. The van der Waals surface area contributed by atoms with E-state index < -0.39 is 11.6 Å². The molecule has 5 nitrogen and oxygen atoms in total. The summed E-state index contributed by atoms with van der Waals surface area (Å²) in [6.45, 7) is 1.75. The van der Waals surface area contributed by atoms with Crippen molar-refractivity contribution in [1.82, 2.24) is 20.2 Å². The van der Waals surface area contributed by atoms with Crippen LogP contribution in [0.2, 0.25) is 0 Å². The molecule has 2 unspecified atom stereocenters. The Bertz CT molecular complexity index is 1020. The summed E-state index contributed by atoms with van der Waals surface area (Å²) in [7, 11) is 0. The Labute approximate surface area is 180 Å². The van der Waals surface area contributed by atoms with Crippen LogP contribution in [0.5, 0.6) is 0 Å². The van der Waals surface area contributed by atoms with Gasteiger partial charge >= 0.3 is 0 Å². The average molecular weight is 422 g/mol. The Kier molecular flexibility index (Phi) is 6.62. The molecule has 1 aromatic carbocycles. The molecule has 160 valence electrons.